The monoisotopic (exact) mass is 276 g/mol. The van der Waals surface area contributed by atoms with E-state index in [1.54, 1.807) is 12.3 Å². The van der Waals surface area contributed by atoms with Crippen molar-refractivity contribution >= 4 is 5.69 Å². The first kappa shape index (κ1) is 13.2. The van der Waals surface area contributed by atoms with Gasteiger partial charge in [-0.3, -0.25) is 0 Å². The largest absolute Gasteiger partial charge is 0.439 e. The Morgan fingerprint density at radius 1 is 0.905 bits per heavy atom. The molecule has 0 radical (unpaired) electrons. The highest BCUT2D eigenvalue weighted by atomic mass is 16.5. The van der Waals surface area contributed by atoms with Crippen molar-refractivity contribution in [1.29, 1.82) is 0 Å². The van der Waals surface area contributed by atoms with E-state index in [0.717, 1.165) is 16.9 Å². The highest BCUT2D eigenvalue weighted by Gasteiger charge is 2.02. The molecule has 1 heterocycles. The Kier molecular flexibility index (Phi) is 3.56. The molecule has 0 fully saturated rings. The maximum atomic E-state index is 5.85. The van der Waals surface area contributed by atoms with Gasteiger partial charge in [-0.05, 0) is 35.7 Å². The van der Waals surface area contributed by atoms with E-state index in [-0.39, 0.29) is 0 Å². The number of hydrogen-bond donors (Lipinski definition) is 1. The summed E-state index contributed by atoms with van der Waals surface area (Å²) in [6, 6.07) is 19.9. The summed E-state index contributed by atoms with van der Waals surface area (Å²) in [6.07, 6.45) is 1.71. The number of rotatable bonds is 3. The van der Waals surface area contributed by atoms with Gasteiger partial charge in [0.05, 0.1) is 0 Å². The van der Waals surface area contributed by atoms with Gasteiger partial charge < -0.3 is 10.5 Å². The van der Waals surface area contributed by atoms with E-state index in [0.29, 0.717) is 11.6 Å². The van der Waals surface area contributed by atoms with Crippen LogP contribution in [0.25, 0.3) is 11.1 Å². The van der Waals surface area contributed by atoms with Gasteiger partial charge in [-0.15, -0.1) is 0 Å². The number of aromatic nitrogens is 1. The Morgan fingerprint density at radius 2 is 1.57 bits per heavy atom. The average molecular weight is 276 g/mol. The van der Waals surface area contributed by atoms with Gasteiger partial charge in [-0.25, -0.2) is 4.98 Å². The lowest BCUT2D eigenvalue weighted by Gasteiger charge is -2.07. The Balaban J connectivity index is 1.80. The highest BCUT2D eigenvalue weighted by Crippen LogP contribution is 2.26. The van der Waals surface area contributed by atoms with Crippen LogP contribution in [0.5, 0.6) is 11.6 Å². The summed E-state index contributed by atoms with van der Waals surface area (Å²) in [4.78, 5) is 4.21. The van der Waals surface area contributed by atoms with Gasteiger partial charge in [0.15, 0.2) is 0 Å². The Labute approximate surface area is 124 Å². The van der Waals surface area contributed by atoms with Gasteiger partial charge in [0.2, 0.25) is 5.88 Å². The van der Waals surface area contributed by atoms with E-state index in [4.69, 9.17) is 10.5 Å². The number of anilines is 1. The first-order chi connectivity index (χ1) is 10.2. The minimum atomic E-state index is 0.505. The van der Waals surface area contributed by atoms with Crippen LogP contribution in [-0.2, 0) is 0 Å². The quantitative estimate of drug-likeness (QED) is 0.769. The molecule has 0 unspecified atom stereocenters. The molecule has 0 amide bonds. The molecule has 2 aromatic carbocycles. The van der Waals surface area contributed by atoms with Crippen molar-refractivity contribution in [1.82, 2.24) is 4.98 Å². The summed E-state index contributed by atoms with van der Waals surface area (Å²) in [5.41, 5.74) is 9.82. The molecular formula is C18H16N2O. The van der Waals surface area contributed by atoms with Crippen LogP contribution in [0, 0.1) is 6.92 Å². The lowest BCUT2D eigenvalue weighted by Crippen LogP contribution is -1.94. The number of pyridine rings is 1. The molecule has 3 heteroatoms. The summed E-state index contributed by atoms with van der Waals surface area (Å²) in [5, 5.41) is 0. The maximum Gasteiger partial charge on any atom is 0.221 e. The smallest absolute Gasteiger partial charge is 0.221 e. The van der Waals surface area contributed by atoms with Crippen LogP contribution >= 0.6 is 0 Å². The van der Waals surface area contributed by atoms with E-state index in [9.17, 15) is 0 Å². The van der Waals surface area contributed by atoms with Gasteiger partial charge in [0, 0.05) is 18.0 Å². The molecular weight excluding hydrogens is 260 g/mol. The minimum Gasteiger partial charge on any atom is -0.439 e. The van der Waals surface area contributed by atoms with Gasteiger partial charge in [0.25, 0.3) is 0 Å². The van der Waals surface area contributed by atoms with Crippen LogP contribution in [0.1, 0.15) is 5.56 Å². The summed E-state index contributed by atoms with van der Waals surface area (Å²) >= 11 is 0. The van der Waals surface area contributed by atoms with E-state index < -0.39 is 0 Å². The lowest BCUT2D eigenvalue weighted by molar-refractivity contribution is 0.463. The SMILES string of the molecule is Cc1cnc(Oc2ccc(-c3ccccc3)cc2)cc1N. The third kappa shape index (κ3) is 3.03. The topological polar surface area (TPSA) is 48.1 Å². The molecule has 21 heavy (non-hydrogen) atoms. The highest BCUT2D eigenvalue weighted by molar-refractivity contribution is 5.64. The maximum absolute atomic E-state index is 5.85. The number of nitrogens with two attached hydrogens (primary N) is 1. The Bertz CT molecular complexity index is 737. The van der Waals surface area contributed by atoms with Crippen LogP contribution in [0.4, 0.5) is 5.69 Å². The molecule has 0 aliphatic rings. The summed E-state index contributed by atoms with van der Waals surface area (Å²) in [7, 11) is 0. The zero-order valence-corrected chi connectivity index (χ0v) is 11.8. The zero-order chi connectivity index (χ0) is 14.7. The first-order valence-electron chi connectivity index (χ1n) is 6.78. The fourth-order valence-corrected chi connectivity index (χ4v) is 2.04. The number of aryl methyl sites for hydroxylation is 1. The standard InChI is InChI=1S/C18H16N2O/c1-13-12-20-18(11-17(13)19)21-16-9-7-15(8-10-16)14-5-3-2-4-6-14/h2-12H,1H3,(H2,19,20). The predicted octanol–water partition coefficient (Wildman–Crippen LogP) is 4.43. The van der Waals surface area contributed by atoms with Gasteiger partial charge >= 0.3 is 0 Å². The number of hydrogen-bond acceptors (Lipinski definition) is 3. The molecule has 2 N–H and O–H groups in total. The normalized spacial score (nSPS) is 10.3. The van der Waals surface area contributed by atoms with Crippen molar-refractivity contribution in [2.24, 2.45) is 0 Å². The second kappa shape index (κ2) is 5.67. The average Bonchev–Trinajstić information content (AvgIpc) is 2.53. The molecule has 3 rings (SSSR count). The van der Waals surface area contributed by atoms with Crippen LogP contribution in [0.2, 0.25) is 0 Å². The predicted molar refractivity (Wildman–Crippen MR) is 85.3 cm³/mol. The summed E-state index contributed by atoms with van der Waals surface area (Å²) < 4.78 is 5.71. The fourth-order valence-electron chi connectivity index (χ4n) is 2.04. The molecule has 104 valence electrons. The molecule has 0 bridgehead atoms. The Morgan fingerprint density at radius 3 is 2.24 bits per heavy atom. The van der Waals surface area contributed by atoms with Crippen LogP contribution in [0.15, 0.2) is 66.9 Å². The van der Waals surface area contributed by atoms with Gasteiger partial charge in [-0.1, -0.05) is 42.5 Å². The molecule has 0 aliphatic carbocycles. The van der Waals surface area contributed by atoms with Gasteiger partial charge in [0.1, 0.15) is 5.75 Å². The molecule has 0 spiro atoms. The molecule has 3 aromatic rings. The second-order valence-electron chi connectivity index (χ2n) is 4.87. The number of nitrogens with zero attached hydrogens (tertiary/aromatic N) is 1. The van der Waals surface area contributed by atoms with Crippen molar-refractivity contribution in [3.63, 3.8) is 0 Å². The van der Waals surface area contributed by atoms with Crippen LogP contribution in [-0.4, -0.2) is 4.98 Å². The molecule has 3 nitrogen and oxygen atoms in total. The van der Waals surface area contributed by atoms with Crippen molar-refractivity contribution in [3.05, 3.63) is 72.4 Å². The Hall–Kier alpha value is -2.81. The minimum absolute atomic E-state index is 0.505. The third-order valence-electron chi connectivity index (χ3n) is 3.30. The molecule has 0 saturated heterocycles. The fraction of sp³-hybridized carbons (Fsp3) is 0.0556. The van der Waals surface area contributed by atoms with Crippen LogP contribution in [0.3, 0.4) is 0 Å². The molecule has 0 saturated carbocycles. The van der Waals surface area contributed by atoms with Crippen molar-refractivity contribution in [3.8, 4) is 22.8 Å². The van der Waals surface area contributed by atoms with Crippen LogP contribution < -0.4 is 10.5 Å². The molecule has 1 aromatic heterocycles. The van der Waals surface area contributed by atoms with E-state index >= 15 is 0 Å². The second-order valence-corrected chi connectivity index (χ2v) is 4.87. The zero-order valence-electron chi connectivity index (χ0n) is 11.8. The first-order valence-corrected chi connectivity index (χ1v) is 6.78. The summed E-state index contributed by atoms with van der Waals surface area (Å²) in [6.45, 7) is 1.92. The number of ether oxygens (including phenoxy) is 1. The number of benzene rings is 2. The van der Waals surface area contributed by atoms with E-state index in [1.165, 1.54) is 5.56 Å². The summed E-state index contributed by atoms with van der Waals surface area (Å²) in [5.74, 6) is 1.25. The molecule has 0 atom stereocenters. The van der Waals surface area contributed by atoms with Gasteiger partial charge in [-0.2, -0.15) is 0 Å². The van der Waals surface area contributed by atoms with Crippen molar-refractivity contribution < 1.29 is 4.74 Å². The van der Waals surface area contributed by atoms with E-state index in [2.05, 4.69) is 17.1 Å². The van der Waals surface area contributed by atoms with E-state index in [1.807, 2.05) is 49.4 Å². The third-order valence-corrected chi connectivity index (χ3v) is 3.30. The lowest BCUT2D eigenvalue weighted by atomic mass is 10.1. The number of nitrogen functional groups attached to an aromatic ring is 1. The van der Waals surface area contributed by atoms with Crippen molar-refractivity contribution in [2.75, 3.05) is 5.73 Å². The molecule has 0 aliphatic heterocycles. The van der Waals surface area contributed by atoms with Crippen molar-refractivity contribution in [2.45, 2.75) is 6.92 Å².